The highest BCUT2D eigenvalue weighted by molar-refractivity contribution is 6.02. The highest BCUT2D eigenvalue weighted by atomic mass is 16.6. The van der Waals surface area contributed by atoms with E-state index in [1.165, 1.54) is 37.9 Å². The molecule has 2 aromatic rings. The van der Waals surface area contributed by atoms with E-state index in [9.17, 15) is 19.5 Å². The molecule has 0 saturated carbocycles. The lowest BCUT2D eigenvalue weighted by molar-refractivity contribution is -0.124. The van der Waals surface area contributed by atoms with Crippen molar-refractivity contribution in [2.45, 2.75) is 25.0 Å². The summed E-state index contributed by atoms with van der Waals surface area (Å²) in [5, 5.41) is 20.9. The normalized spacial score (nSPS) is 12.6. The number of benzene rings is 2. The van der Waals surface area contributed by atoms with Crippen molar-refractivity contribution in [3.05, 3.63) is 71.8 Å². The van der Waals surface area contributed by atoms with Gasteiger partial charge in [0, 0.05) is 18.7 Å². The summed E-state index contributed by atoms with van der Waals surface area (Å²) in [6, 6.07) is 12.6. The molecule has 0 aliphatic rings. The van der Waals surface area contributed by atoms with Crippen molar-refractivity contribution in [1.82, 2.24) is 10.8 Å². The monoisotopic (exact) mass is 458 g/mol. The average Bonchev–Trinajstić information content (AvgIpc) is 2.83. The third-order valence-electron chi connectivity index (χ3n) is 4.65. The summed E-state index contributed by atoms with van der Waals surface area (Å²) < 4.78 is 16.1. The zero-order valence-electron chi connectivity index (χ0n) is 18.2. The van der Waals surface area contributed by atoms with Crippen molar-refractivity contribution >= 4 is 17.9 Å². The van der Waals surface area contributed by atoms with Crippen LogP contribution in [0.15, 0.2) is 60.7 Å². The minimum absolute atomic E-state index is 0.168. The van der Waals surface area contributed by atoms with Gasteiger partial charge in [0.05, 0.1) is 13.2 Å². The van der Waals surface area contributed by atoms with Crippen LogP contribution in [0.3, 0.4) is 0 Å². The quantitative estimate of drug-likeness (QED) is 0.242. The summed E-state index contributed by atoms with van der Waals surface area (Å²) in [7, 11) is 2.82. The van der Waals surface area contributed by atoms with Crippen LogP contribution in [0, 0.1) is 0 Å². The number of carbonyl (C=O) groups excluding carboxylic acids is 3. The minimum atomic E-state index is -1.00. The Hall–Kier alpha value is -3.89. The van der Waals surface area contributed by atoms with Crippen LogP contribution in [-0.4, -0.2) is 48.5 Å². The van der Waals surface area contributed by atoms with E-state index in [0.717, 1.165) is 6.08 Å². The summed E-state index contributed by atoms with van der Waals surface area (Å²) in [5.74, 6) is -1.26. The fourth-order valence-electron chi connectivity index (χ4n) is 3.02. The molecule has 0 radical (unpaired) electrons. The molecule has 10 heteroatoms. The summed E-state index contributed by atoms with van der Waals surface area (Å²) in [5.41, 5.74) is 2.17. The van der Waals surface area contributed by atoms with Crippen LogP contribution in [0.2, 0.25) is 0 Å². The van der Waals surface area contributed by atoms with E-state index in [1.54, 1.807) is 36.4 Å². The largest absolute Gasteiger partial charge is 0.504 e. The number of rotatable bonds is 10. The summed E-state index contributed by atoms with van der Waals surface area (Å²) in [6.45, 7) is 0. The van der Waals surface area contributed by atoms with Crippen molar-refractivity contribution in [2.24, 2.45) is 0 Å². The maximum Gasteiger partial charge on any atom is 0.414 e. The van der Waals surface area contributed by atoms with Crippen LogP contribution in [-0.2, 0) is 14.3 Å². The van der Waals surface area contributed by atoms with Crippen molar-refractivity contribution in [2.75, 3.05) is 14.2 Å². The first kappa shape index (κ1) is 25.4. The minimum Gasteiger partial charge on any atom is -0.504 e. The molecule has 4 N–H and O–H groups in total. The van der Waals surface area contributed by atoms with E-state index in [0.29, 0.717) is 18.4 Å². The second kappa shape index (κ2) is 12.8. The molecule has 2 atom stereocenters. The molecule has 0 aromatic heterocycles. The predicted molar refractivity (Wildman–Crippen MR) is 117 cm³/mol. The Morgan fingerprint density at radius 1 is 1.09 bits per heavy atom. The Kier molecular flexibility index (Phi) is 9.87. The molecule has 0 fully saturated rings. The molecule has 176 valence electrons. The van der Waals surface area contributed by atoms with Crippen molar-refractivity contribution in [3.63, 3.8) is 0 Å². The number of methoxy groups -OCH3 is 2. The van der Waals surface area contributed by atoms with Gasteiger partial charge in [-0.05, 0) is 42.7 Å². The summed E-state index contributed by atoms with van der Waals surface area (Å²) >= 11 is 0. The highest BCUT2D eigenvalue weighted by Crippen LogP contribution is 2.33. The second-order valence-corrected chi connectivity index (χ2v) is 6.81. The number of hydrogen-bond acceptors (Lipinski definition) is 8. The third kappa shape index (κ3) is 7.63. The number of imide groups is 1. The van der Waals surface area contributed by atoms with Crippen molar-refractivity contribution < 1.29 is 38.9 Å². The molecule has 0 spiro atoms. The van der Waals surface area contributed by atoms with Gasteiger partial charge in [0.15, 0.2) is 17.6 Å². The van der Waals surface area contributed by atoms with E-state index in [4.69, 9.17) is 19.4 Å². The number of phenolic OH excluding ortho intramolecular Hbond substituents is 1. The molecule has 0 heterocycles. The Morgan fingerprint density at radius 3 is 2.42 bits per heavy atom. The number of aromatic hydroxyl groups is 1. The average molecular weight is 458 g/mol. The van der Waals surface area contributed by atoms with Gasteiger partial charge >= 0.3 is 6.09 Å². The molecule has 0 aliphatic heterocycles. The van der Waals surface area contributed by atoms with Crippen LogP contribution >= 0.6 is 0 Å². The molecule has 2 rings (SSSR count). The fourth-order valence-corrected chi connectivity index (χ4v) is 3.02. The molecule has 0 bridgehead atoms. The van der Waals surface area contributed by atoms with Crippen LogP contribution in [0.5, 0.6) is 11.5 Å². The number of phenols is 1. The molecule has 3 amide bonds. The van der Waals surface area contributed by atoms with E-state index in [1.807, 2.05) is 0 Å². The van der Waals surface area contributed by atoms with Crippen LogP contribution in [0.4, 0.5) is 4.79 Å². The second-order valence-electron chi connectivity index (χ2n) is 6.81. The Bertz CT molecular complexity index is 978. The zero-order valence-corrected chi connectivity index (χ0v) is 18.2. The van der Waals surface area contributed by atoms with E-state index in [-0.39, 0.29) is 17.1 Å². The standard InChI is InChI=1S/C23H26N2O8/c1-31-18-13-12-16(14-17(18)26)21(19(32-2)10-6-7-11-20(27)25-30)33-23(29)24-22(28)15-8-4-3-5-9-15/h3-5,7-9,11-14,19,21,26,30H,6,10H2,1-2H3,(H,25,27)(H,24,28,29)/b11-7+/t19-,21-/m1/s1. The first-order chi connectivity index (χ1) is 15.9. The van der Waals surface area contributed by atoms with Crippen LogP contribution in [0.25, 0.3) is 0 Å². The van der Waals surface area contributed by atoms with E-state index in [2.05, 4.69) is 5.32 Å². The van der Waals surface area contributed by atoms with Gasteiger partial charge in [-0.25, -0.2) is 10.3 Å². The molecule has 0 saturated heterocycles. The molecule has 33 heavy (non-hydrogen) atoms. The third-order valence-corrected chi connectivity index (χ3v) is 4.65. The predicted octanol–water partition coefficient (Wildman–Crippen LogP) is 2.87. The Labute approximate surface area is 190 Å². The zero-order chi connectivity index (χ0) is 24.2. The van der Waals surface area contributed by atoms with Gasteiger partial charge in [0.2, 0.25) is 0 Å². The number of alkyl carbamates (subject to hydrolysis) is 1. The first-order valence-corrected chi connectivity index (χ1v) is 9.96. The maximum atomic E-state index is 12.5. The first-order valence-electron chi connectivity index (χ1n) is 9.96. The van der Waals surface area contributed by atoms with Crippen LogP contribution < -0.4 is 15.5 Å². The van der Waals surface area contributed by atoms with Gasteiger partial charge in [0.1, 0.15) is 0 Å². The molecule has 10 nitrogen and oxygen atoms in total. The van der Waals surface area contributed by atoms with Gasteiger partial charge in [-0.3, -0.25) is 20.1 Å². The van der Waals surface area contributed by atoms with Gasteiger partial charge < -0.3 is 19.3 Å². The molecule has 2 aromatic carbocycles. The van der Waals surface area contributed by atoms with Gasteiger partial charge in [-0.1, -0.05) is 30.3 Å². The summed E-state index contributed by atoms with van der Waals surface area (Å²) in [4.78, 5) is 35.9. The molecular weight excluding hydrogens is 432 g/mol. The number of hydroxylamine groups is 1. The highest BCUT2D eigenvalue weighted by Gasteiger charge is 2.28. The number of carbonyl (C=O) groups is 3. The lowest BCUT2D eigenvalue weighted by Gasteiger charge is -2.26. The Balaban J connectivity index is 2.20. The maximum absolute atomic E-state index is 12.5. The molecule has 0 aliphatic carbocycles. The van der Waals surface area contributed by atoms with Gasteiger partial charge in [-0.15, -0.1) is 0 Å². The number of amides is 3. The lowest BCUT2D eigenvalue weighted by atomic mass is 9.99. The topological polar surface area (TPSA) is 143 Å². The van der Waals surface area contributed by atoms with Crippen molar-refractivity contribution in [1.29, 1.82) is 0 Å². The Morgan fingerprint density at radius 2 is 1.82 bits per heavy atom. The SMILES string of the molecule is COc1ccc([C@@H](OC(=O)NC(=O)c2ccccc2)[C@@H](CC/C=C/C(=O)NO)OC)cc1O. The number of hydrogen-bond donors (Lipinski definition) is 4. The lowest BCUT2D eigenvalue weighted by Crippen LogP contribution is -2.35. The van der Waals surface area contributed by atoms with Gasteiger partial charge in [-0.2, -0.15) is 0 Å². The van der Waals surface area contributed by atoms with Crippen molar-refractivity contribution in [3.8, 4) is 11.5 Å². The fraction of sp³-hybridized carbons (Fsp3) is 0.261. The van der Waals surface area contributed by atoms with E-state index < -0.39 is 30.1 Å². The summed E-state index contributed by atoms with van der Waals surface area (Å²) in [6.07, 6.45) is 0.613. The molecular formula is C23H26N2O8. The van der Waals surface area contributed by atoms with Gasteiger partial charge in [0.25, 0.3) is 11.8 Å². The smallest absolute Gasteiger partial charge is 0.414 e. The van der Waals surface area contributed by atoms with E-state index >= 15 is 0 Å². The number of ether oxygens (including phenoxy) is 3. The number of allylic oxidation sites excluding steroid dienone is 1. The molecule has 0 unspecified atom stereocenters. The van der Waals surface area contributed by atoms with Crippen LogP contribution in [0.1, 0.15) is 34.9 Å². The number of nitrogens with one attached hydrogen (secondary N) is 2.